The highest BCUT2D eigenvalue weighted by Gasteiger charge is 2.47. The first-order valence-corrected chi connectivity index (χ1v) is 6.77. The summed E-state index contributed by atoms with van der Waals surface area (Å²) in [5.74, 6) is 3.20. The van der Waals surface area contributed by atoms with Crippen LogP contribution in [0.4, 0.5) is 0 Å². The van der Waals surface area contributed by atoms with E-state index in [9.17, 15) is 8.42 Å². The van der Waals surface area contributed by atoms with E-state index in [2.05, 4.69) is 6.92 Å². The van der Waals surface area contributed by atoms with Crippen LogP contribution < -0.4 is 0 Å². The Morgan fingerprint density at radius 1 is 1.36 bits per heavy atom. The zero-order valence-electron chi connectivity index (χ0n) is 6.49. The van der Waals surface area contributed by atoms with Crippen molar-refractivity contribution in [3.8, 4) is 0 Å². The summed E-state index contributed by atoms with van der Waals surface area (Å²) < 4.78 is 22.9. The molecule has 2 saturated heterocycles. The van der Waals surface area contributed by atoms with E-state index in [0.717, 1.165) is 11.5 Å². The molecule has 2 aliphatic heterocycles. The molecule has 11 heavy (non-hydrogen) atoms. The van der Waals surface area contributed by atoms with Gasteiger partial charge in [0.05, 0.1) is 11.0 Å². The molecule has 2 fully saturated rings. The predicted molar refractivity (Wildman–Crippen MR) is 47.6 cm³/mol. The third-order valence-electron chi connectivity index (χ3n) is 2.76. The quantitative estimate of drug-likeness (QED) is 0.569. The number of rotatable bonds is 0. The van der Waals surface area contributed by atoms with Gasteiger partial charge in [-0.3, -0.25) is 0 Å². The van der Waals surface area contributed by atoms with Crippen molar-refractivity contribution in [1.82, 2.24) is 0 Å². The van der Waals surface area contributed by atoms with Crippen LogP contribution in [0.25, 0.3) is 0 Å². The average Bonchev–Trinajstić information content (AvgIpc) is 2.37. The van der Waals surface area contributed by atoms with Gasteiger partial charge in [-0.15, -0.1) is 0 Å². The van der Waals surface area contributed by atoms with Crippen LogP contribution in [0.5, 0.6) is 0 Å². The van der Waals surface area contributed by atoms with Crippen LogP contribution in [0.2, 0.25) is 0 Å². The molecule has 2 rings (SSSR count). The van der Waals surface area contributed by atoms with E-state index in [1.165, 1.54) is 0 Å². The molecule has 0 aromatic heterocycles. The van der Waals surface area contributed by atoms with Crippen molar-refractivity contribution in [2.24, 2.45) is 11.8 Å². The van der Waals surface area contributed by atoms with E-state index < -0.39 is 9.84 Å². The number of fused-ring (bicyclic) bond motifs is 1. The summed E-state index contributed by atoms with van der Waals surface area (Å²) >= 11 is 1.79. The summed E-state index contributed by atoms with van der Waals surface area (Å²) in [6.45, 7) is 2.06. The van der Waals surface area contributed by atoms with Gasteiger partial charge in [0, 0.05) is 5.75 Å². The monoisotopic (exact) mass is 192 g/mol. The molecule has 0 spiro atoms. The maximum atomic E-state index is 11.4. The van der Waals surface area contributed by atoms with Gasteiger partial charge >= 0.3 is 0 Å². The van der Waals surface area contributed by atoms with Crippen molar-refractivity contribution in [1.29, 1.82) is 0 Å². The molecule has 0 aliphatic carbocycles. The zero-order valence-corrected chi connectivity index (χ0v) is 8.12. The molecule has 3 unspecified atom stereocenters. The van der Waals surface area contributed by atoms with Gasteiger partial charge in [-0.2, -0.15) is 11.8 Å². The Kier molecular flexibility index (Phi) is 1.72. The van der Waals surface area contributed by atoms with E-state index in [-0.39, 0.29) is 5.25 Å². The van der Waals surface area contributed by atoms with E-state index in [4.69, 9.17) is 0 Å². The Morgan fingerprint density at radius 3 is 2.73 bits per heavy atom. The molecule has 0 saturated carbocycles. The average molecular weight is 192 g/mol. The standard InChI is InChI=1S/C7H12O2S2/c1-5-4-11(8,9)7-3-10-2-6(5)7/h5-7H,2-4H2,1H3. The highest BCUT2D eigenvalue weighted by atomic mass is 32.2. The molecular formula is C7H12O2S2. The highest BCUT2D eigenvalue weighted by molar-refractivity contribution is 8.01. The molecule has 0 aromatic rings. The first-order chi connectivity index (χ1) is 5.11. The third kappa shape index (κ3) is 1.11. The lowest BCUT2D eigenvalue weighted by Gasteiger charge is -2.08. The number of thioether (sulfide) groups is 1. The van der Waals surface area contributed by atoms with Crippen molar-refractivity contribution in [3.63, 3.8) is 0 Å². The van der Waals surface area contributed by atoms with Crippen LogP contribution in [0.3, 0.4) is 0 Å². The van der Waals surface area contributed by atoms with Gasteiger partial charge in [-0.05, 0) is 17.6 Å². The smallest absolute Gasteiger partial charge is 0.154 e. The molecule has 0 aromatic carbocycles. The van der Waals surface area contributed by atoms with Crippen LogP contribution in [0.15, 0.2) is 0 Å². The summed E-state index contributed by atoms with van der Waals surface area (Å²) in [6, 6.07) is 0. The fourth-order valence-electron chi connectivity index (χ4n) is 2.07. The Morgan fingerprint density at radius 2 is 2.09 bits per heavy atom. The van der Waals surface area contributed by atoms with E-state index >= 15 is 0 Å². The fourth-order valence-corrected chi connectivity index (χ4v) is 6.88. The minimum atomic E-state index is -2.69. The lowest BCUT2D eigenvalue weighted by atomic mass is 9.96. The normalized spacial score (nSPS) is 47.5. The van der Waals surface area contributed by atoms with E-state index in [1.807, 2.05) is 0 Å². The number of hydrogen-bond acceptors (Lipinski definition) is 3. The van der Waals surface area contributed by atoms with Crippen LogP contribution in [0.1, 0.15) is 6.92 Å². The van der Waals surface area contributed by atoms with Gasteiger partial charge in [-0.1, -0.05) is 6.92 Å². The van der Waals surface area contributed by atoms with Crippen LogP contribution >= 0.6 is 11.8 Å². The fraction of sp³-hybridized carbons (Fsp3) is 1.00. The predicted octanol–water partition coefficient (Wildman–Crippen LogP) is 0.783. The first kappa shape index (κ1) is 7.92. The van der Waals surface area contributed by atoms with Crippen molar-refractivity contribution >= 4 is 21.6 Å². The molecule has 2 heterocycles. The van der Waals surface area contributed by atoms with Gasteiger partial charge in [0.15, 0.2) is 9.84 Å². The highest BCUT2D eigenvalue weighted by Crippen LogP contribution is 2.41. The van der Waals surface area contributed by atoms with Crippen LogP contribution in [-0.4, -0.2) is 30.9 Å². The molecule has 2 aliphatic rings. The Bertz CT molecular complexity index is 258. The summed E-state index contributed by atoms with van der Waals surface area (Å²) in [4.78, 5) is 0. The Balaban J connectivity index is 2.35. The minimum Gasteiger partial charge on any atom is -0.228 e. The van der Waals surface area contributed by atoms with Gasteiger partial charge in [0.1, 0.15) is 0 Å². The molecule has 0 amide bonds. The maximum absolute atomic E-state index is 11.4. The second kappa shape index (κ2) is 2.39. The topological polar surface area (TPSA) is 34.1 Å². The maximum Gasteiger partial charge on any atom is 0.154 e. The SMILES string of the molecule is CC1CS(=O)(=O)C2CSCC12. The molecule has 2 nitrogen and oxygen atoms in total. The van der Waals surface area contributed by atoms with E-state index in [0.29, 0.717) is 17.6 Å². The molecular weight excluding hydrogens is 180 g/mol. The van der Waals surface area contributed by atoms with Crippen molar-refractivity contribution in [2.45, 2.75) is 12.2 Å². The van der Waals surface area contributed by atoms with Gasteiger partial charge in [0.2, 0.25) is 0 Å². The minimum absolute atomic E-state index is 0.00231. The van der Waals surface area contributed by atoms with Gasteiger partial charge in [-0.25, -0.2) is 8.42 Å². The lowest BCUT2D eigenvalue weighted by molar-refractivity contribution is 0.470. The molecule has 3 atom stereocenters. The summed E-state index contributed by atoms with van der Waals surface area (Å²) in [7, 11) is -2.69. The number of sulfone groups is 1. The number of hydrogen-bond donors (Lipinski definition) is 0. The first-order valence-electron chi connectivity index (χ1n) is 3.90. The Hall–Kier alpha value is 0.300. The molecule has 0 radical (unpaired) electrons. The molecule has 0 bridgehead atoms. The largest absolute Gasteiger partial charge is 0.228 e. The van der Waals surface area contributed by atoms with Crippen LogP contribution in [-0.2, 0) is 9.84 Å². The molecule has 4 heteroatoms. The molecule has 64 valence electrons. The van der Waals surface area contributed by atoms with Crippen LogP contribution in [0, 0.1) is 11.8 Å². The van der Waals surface area contributed by atoms with Crippen molar-refractivity contribution < 1.29 is 8.42 Å². The zero-order chi connectivity index (χ0) is 8.06. The van der Waals surface area contributed by atoms with Crippen molar-refractivity contribution in [2.75, 3.05) is 17.3 Å². The summed E-state index contributed by atoms with van der Waals surface area (Å²) in [5.41, 5.74) is 0. The summed E-state index contributed by atoms with van der Waals surface area (Å²) in [5, 5.41) is 0.00231. The van der Waals surface area contributed by atoms with Gasteiger partial charge < -0.3 is 0 Å². The lowest BCUT2D eigenvalue weighted by Crippen LogP contribution is -2.20. The second-order valence-electron chi connectivity index (χ2n) is 3.55. The third-order valence-corrected chi connectivity index (χ3v) is 6.61. The van der Waals surface area contributed by atoms with Gasteiger partial charge in [0.25, 0.3) is 0 Å². The van der Waals surface area contributed by atoms with E-state index in [1.54, 1.807) is 11.8 Å². The molecule has 0 N–H and O–H groups in total. The second-order valence-corrected chi connectivity index (χ2v) is 6.89. The Labute approximate surface area is 71.7 Å². The van der Waals surface area contributed by atoms with Crippen molar-refractivity contribution in [3.05, 3.63) is 0 Å². The summed E-state index contributed by atoms with van der Waals surface area (Å²) in [6.07, 6.45) is 0.